The van der Waals surface area contributed by atoms with E-state index in [9.17, 15) is 13.2 Å². The van der Waals surface area contributed by atoms with E-state index < -0.39 is 12.6 Å². The van der Waals surface area contributed by atoms with E-state index in [0.29, 0.717) is 5.89 Å². The molecule has 90 valence electrons. The maximum absolute atomic E-state index is 12.0. The predicted octanol–water partition coefficient (Wildman–Crippen LogP) is 1.64. The highest BCUT2D eigenvalue weighted by Gasteiger charge is 2.28. The molecule has 7 heteroatoms. The monoisotopic (exact) mass is 235 g/mol. The Morgan fingerprint density at radius 3 is 2.88 bits per heavy atom. The molecule has 0 spiro atoms. The highest BCUT2D eigenvalue weighted by atomic mass is 19.4. The molecule has 16 heavy (non-hydrogen) atoms. The van der Waals surface area contributed by atoms with Gasteiger partial charge in [0.05, 0.1) is 12.3 Å². The third kappa shape index (κ3) is 2.94. The smallest absolute Gasteiger partial charge is 0.339 e. The van der Waals surface area contributed by atoms with Crippen molar-refractivity contribution < 1.29 is 17.7 Å². The number of hydrogen-bond donors (Lipinski definition) is 1. The second-order valence-corrected chi connectivity index (χ2v) is 3.85. The van der Waals surface area contributed by atoms with Gasteiger partial charge in [0.25, 0.3) is 0 Å². The van der Waals surface area contributed by atoms with E-state index in [2.05, 4.69) is 15.5 Å². The fraction of sp³-hybridized carbons (Fsp3) is 0.778. The van der Waals surface area contributed by atoms with Gasteiger partial charge in [-0.2, -0.15) is 18.2 Å². The largest absolute Gasteiger partial charge is 0.389 e. The van der Waals surface area contributed by atoms with Crippen LogP contribution in [0.4, 0.5) is 13.2 Å². The van der Waals surface area contributed by atoms with Crippen LogP contribution >= 0.6 is 0 Å². The van der Waals surface area contributed by atoms with Crippen LogP contribution in [0.15, 0.2) is 4.52 Å². The van der Waals surface area contributed by atoms with Gasteiger partial charge in [0.2, 0.25) is 5.89 Å². The van der Waals surface area contributed by atoms with Gasteiger partial charge in [0.15, 0.2) is 5.82 Å². The number of hydrogen-bond acceptors (Lipinski definition) is 4. The van der Waals surface area contributed by atoms with Gasteiger partial charge in [-0.25, -0.2) is 0 Å². The van der Waals surface area contributed by atoms with Crippen LogP contribution in [0.1, 0.15) is 30.5 Å². The van der Waals surface area contributed by atoms with E-state index in [1.54, 1.807) is 0 Å². The lowest BCUT2D eigenvalue weighted by Gasteiger charge is -2.02. The molecular weight excluding hydrogens is 223 g/mol. The fourth-order valence-electron chi connectivity index (χ4n) is 1.65. The average molecular weight is 235 g/mol. The number of aromatic nitrogens is 2. The molecule has 2 rings (SSSR count). The molecule has 1 N–H and O–H groups in total. The molecule has 1 aliphatic heterocycles. The maximum atomic E-state index is 12.0. The molecule has 4 nitrogen and oxygen atoms in total. The minimum atomic E-state index is -4.17. The molecular formula is C9H12F3N3O. The summed E-state index contributed by atoms with van der Waals surface area (Å²) in [6, 6.07) is 0. The lowest BCUT2D eigenvalue weighted by Crippen LogP contribution is -2.09. The van der Waals surface area contributed by atoms with Crippen molar-refractivity contribution in [3.8, 4) is 0 Å². The molecule has 0 aliphatic carbocycles. The summed E-state index contributed by atoms with van der Waals surface area (Å²) in [5, 5.41) is 6.68. The molecule has 1 aliphatic rings. The Hall–Kier alpha value is -1.11. The van der Waals surface area contributed by atoms with Gasteiger partial charge in [-0.3, -0.25) is 0 Å². The minimum absolute atomic E-state index is 0.138. The molecule has 0 amide bonds. The summed E-state index contributed by atoms with van der Waals surface area (Å²) in [6.45, 7) is 1.63. The molecule has 1 unspecified atom stereocenters. The van der Waals surface area contributed by atoms with Gasteiger partial charge < -0.3 is 9.84 Å². The van der Waals surface area contributed by atoms with Gasteiger partial charge in [-0.15, -0.1) is 0 Å². The summed E-state index contributed by atoms with van der Waals surface area (Å²) in [7, 11) is 0. The number of alkyl halides is 3. The standard InChI is InChI=1S/C9H12F3N3O/c10-9(11,12)3-1-7-14-8(16-15-7)6-2-4-13-5-6/h6,13H,1-5H2. The molecule has 1 fully saturated rings. The van der Waals surface area contributed by atoms with E-state index in [-0.39, 0.29) is 18.2 Å². The van der Waals surface area contributed by atoms with Crippen LogP contribution in [0.2, 0.25) is 0 Å². The first-order valence-electron chi connectivity index (χ1n) is 5.14. The third-order valence-corrected chi connectivity index (χ3v) is 2.53. The topological polar surface area (TPSA) is 51.0 Å². The average Bonchev–Trinajstić information content (AvgIpc) is 2.84. The number of rotatable bonds is 3. The molecule has 1 atom stereocenters. The zero-order valence-corrected chi connectivity index (χ0v) is 8.55. The number of nitrogens with one attached hydrogen (secondary N) is 1. The predicted molar refractivity (Wildman–Crippen MR) is 48.9 cm³/mol. The van der Waals surface area contributed by atoms with Crippen molar-refractivity contribution in [2.75, 3.05) is 13.1 Å². The summed E-state index contributed by atoms with van der Waals surface area (Å²) in [5.41, 5.74) is 0. The van der Waals surface area contributed by atoms with Crippen molar-refractivity contribution >= 4 is 0 Å². The number of nitrogens with zero attached hydrogens (tertiary/aromatic N) is 2. The minimum Gasteiger partial charge on any atom is -0.339 e. The van der Waals surface area contributed by atoms with Crippen LogP contribution in [-0.2, 0) is 6.42 Å². The lowest BCUT2D eigenvalue weighted by molar-refractivity contribution is -0.134. The van der Waals surface area contributed by atoms with Crippen LogP contribution in [0.3, 0.4) is 0 Å². The second kappa shape index (κ2) is 4.40. The third-order valence-electron chi connectivity index (χ3n) is 2.53. The number of halogens is 3. The molecule has 1 saturated heterocycles. The molecule has 0 radical (unpaired) electrons. The summed E-state index contributed by atoms with van der Waals surface area (Å²) >= 11 is 0. The van der Waals surface area contributed by atoms with Gasteiger partial charge >= 0.3 is 6.18 Å². The van der Waals surface area contributed by atoms with Gasteiger partial charge in [-0.05, 0) is 13.0 Å². The van der Waals surface area contributed by atoms with Crippen molar-refractivity contribution in [2.45, 2.75) is 31.4 Å². The first-order chi connectivity index (χ1) is 7.54. The first kappa shape index (κ1) is 11.4. The Bertz CT molecular complexity index is 344. The van der Waals surface area contributed by atoms with Crippen LogP contribution in [0.5, 0.6) is 0 Å². The SMILES string of the molecule is FC(F)(F)CCc1noc(C2CCNC2)n1. The van der Waals surface area contributed by atoms with Gasteiger partial charge in [0.1, 0.15) is 0 Å². The zero-order valence-electron chi connectivity index (χ0n) is 8.55. The Kier molecular flexibility index (Phi) is 3.13. The van der Waals surface area contributed by atoms with E-state index in [1.165, 1.54) is 0 Å². The quantitative estimate of drug-likeness (QED) is 0.865. The van der Waals surface area contributed by atoms with E-state index in [0.717, 1.165) is 19.5 Å². The Labute approximate surface area is 90.2 Å². The van der Waals surface area contributed by atoms with Crippen molar-refractivity contribution in [1.82, 2.24) is 15.5 Å². The van der Waals surface area contributed by atoms with E-state index >= 15 is 0 Å². The lowest BCUT2D eigenvalue weighted by atomic mass is 10.1. The van der Waals surface area contributed by atoms with Gasteiger partial charge in [-0.1, -0.05) is 5.16 Å². The van der Waals surface area contributed by atoms with Crippen LogP contribution in [0, 0.1) is 0 Å². The van der Waals surface area contributed by atoms with E-state index in [1.807, 2.05) is 0 Å². The highest BCUT2D eigenvalue weighted by molar-refractivity contribution is 4.98. The second-order valence-electron chi connectivity index (χ2n) is 3.85. The van der Waals surface area contributed by atoms with Crippen LogP contribution in [0.25, 0.3) is 0 Å². The summed E-state index contributed by atoms with van der Waals surface area (Å²) < 4.78 is 40.8. The zero-order chi connectivity index (χ0) is 11.6. The summed E-state index contributed by atoms with van der Waals surface area (Å²) in [5.74, 6) is 0.730. The molecule has 0 saturated carbocycles. The summed E-state index contributed by atoms with van der Waals surface area (Å²) in [6.07, 6.45) is -4.40. The number of aryl methyl sites for hydroxylation is 1. The maximum Gasteiger partial charge on any atom is 0.389 e. The summed E-state index contributed by atoms with van der Waals surface area (Å²) in [4.78, 5) is 3.98. The van der Waals surface area contributed by atoms with Crippen molar-refractivity contribution in [1.29, 1.82) is 0 Å². The highest BCUT2D eigenvalue weighted by Crippen LogP contribution is 2.23. The Morgan fingerprint density at radius 2 is 2.25 bits per heavy atom. The molecule has 0 bridgehead atoms. The molecule has 2 heterocycles. The van der Waals surface area contributed by atoms with Crippen molar-refractivity contribution in [3.05, 3.63) is 11.7 Å². The van der Waals surface area contributed by atoms with Crippen molar-refractivity contribution in [2.24, 2.45) is 0 Å². The fourth-order valence-corrected chi connectivity index (χ4v) is 1.65. The Balaban J connectivity index is 1.91. The molecule has 1 aromatic rings. The Morgan fingerprint density at radius 1 is 1.44 bits per heavy atom. The first-order valence-corrected chi connectivity index (χ1v) is 5.14. The molecule has 1 aromatic heterocycles. The van der Waals surface area contributed by atoms with E-state index in [4.69, 9.17) is 4.52 Å². The van der Waals surface area contributed by atoms with Crippen LogP contribution in [-0.4, -0.2) is 29.4 Å². The van der Waals surface area contributed by atoms with Crippen LogP contribution < -0.4 is 5.32 Å². The normalized spacial score (nSPS) is 21.6. The molecule has 0 aromatic carbocycles. The van der Waals surface area contributed by atoms with Crippen molar-refractivity contribution in [3.63, 3.8) is 0 Å². The van der Waals surface area contributed by atoms with Gasteiger partial charge in [0, 0.05) is 13.0 Å².